The van der Waals surface area contributed by atoms with Crippen molar-refractivity contribution in [1.29, 1.82) is 0 Å². The number of rotatable bonds is 4. The van der Waals surface area contributed by atoms with Gasteiger partial charge >= 0.3 is 0 Å². The van der Waals surface area contributed by atoms with E-state index in [0.717, 1.165) is 5.56 Å². The summed E-state index contributed by atoms with van der Waals surface area (Å²) in [5.41, 5.74) is 6.00. The molecule has 0 aliphatic rings. The second-order valence-corrected chi connectivity index (χ2v) is 5.42. The minimum atomic E-state index is -0.254. The van der Waals surface area contributed by atoms with Crippen LogP contribution in [0.2, 0.25) is 0 Å². The zero-order valence-electron chi connectivity index (χ0n) is 10.8. The van der Waals surface area contributed by atoms with Crippen molar-refractivity contribution in [3.8, 4) is 5.75 Å². The van der Waals surface area contributed by atoms with Crippen LogP contribution in [0.25, 0.3) is 0 Å². The van der Waals surface area contributed by atoms with Crippen molar-refractivity contribution in [2.75, 3.05) is 6.61 Å². The zero-order valence-corrected chi connectivity index (χ0v) is 11.6. The zero-order chi connectivity index (χ0) is 13.8. The number of nitrogens with one attached hydrogen (secondary N) is 1. The van der Waals surface area contributed by atoms with Crippen molar-refractivity contribution in [3.05, 3.63) is 29.8 Å². The Bertz CT molecular complexity index is 435. The van der Waals surface area contributed by atoms with E-state index >= 15 is 0 Å². The predicted molar refractivity (Wildman–Crippen MR) is 75.7 cm³/mol. The fourth-order valence-electron chi connectivity index (χ4n) is 1.32. The lowest BCUT2D eigenvalue weighted by Crippen LogP contribution is -2.43. The number of carbonyl (C=O) groups excluding carboxylic acids is 1. The standard InChI is InChI=1S/C13H18N2O2S/c1-13(2,3)15-11(16)8-17-10-6-4-9(5-7-10)12(14)18/h4-7H,8H2,1-3H3,(H2,14,18)(H,15,16). The van der Waals surface area contributed by atoms with Gasteiger partial charge in [-0.05, 0) is 45.0 Å². The number of hydrogen-bond donors (Lipinski definition) is 2. The van der Waals surface area contributed by atoms with Crippen LogP contribution in [0.3, 0.4) is 0 Å². The molecule has 0 aliphatic carbocycles. The summed E-state index contributed by atoms with van der Waals surface area (Å²) in [6.45, 7) is 5.75. The smallest absolute Gasteiger partial charge is 0.258 e. The van der Waals surface area contributed by atoms with Gasteiger partial charge in [-0.3, -0.25) is 4.79 Å². The third-order valence-corrected chi connectivity index (χ3v) is 2.26. The van der Waals surface area contributed by atoms with Crippen LogP contribution in [0.5, 0.6) is 5.75 Å². The van der Waals surface area contributed by atoms with E-state index in [4.69, 9.17) is 22.7 Å². The van der Waals surface area contributed by atoms with Crippen molar-refractivity contribution in [2.24, 2.45) is 5.73 Å². The molecule has 0 aliphatic heterocycles. The molecule has 0 bridgehead atoms. The van der Waals surface area contributed by atoms with Crippen molar-refractivity contribution in [1.82, 2.24) is 5.32 Å². The Morgan fingerprint density at radius 3 is 2.33 bits per heavy atom. The molecule has 0 spiro atoms. The number of thiocarbonyl (C=S) groups is 1. The molecule has 5 heteroatoms. The van der Waals surface area contributed by atoms with Crippen molar-refractivity contribution in [3.63, 3.8) is 0 Å². The topological polar surface area (TPSA) is 64.3 Å². The second kappa shape index (κ2) is 5.82. The summed E-state index contributed by atoms with van der Waals surface area (Å²) >= 11 is 4.84. The third kappa shape index (κ3) is 5.14. The molecule has 98 valence electrons. The van der Waals surface area contributed by atoms with E-state index in [1.807, 2.05) is 20.8 Å². The Balaban J connectivity index is 2.49. The molecule has 0 radical (unpaired) electrons. The minimum Gasteiger partial charge on any atom is -0.484 e. The SMILES string of the molecule is CC(C)(C)NC(=O)COc1ccc(C(N)=S)cc1. The van der Waals surface area contributed by atoms with Gasteiger partial charge < -0.3 is 15.8 Å². The van der Waals surface area contributed by atoms with Crippen LogP contribution in [0.4, 0.5) is 0 Å². The van der Waals surface area contributed by atoms with E-state index in [9.17, 15) is 4.79 Å². The number of hydrogen-bond acceptors (Lipinski definition) is 3. The van der Waals surface area contributed by atoms with Crippen LogP contribution < -0.4 is 15.8 Å². The van der Waals surface area contributed by atoms with Crippen molar-refractivity contribution < 1.29 is 9.53 Å². The van der Waals surface area contributed by atoms with Gasteiger partial charge in [0.05, 0.1) is 0 Å². The van der Waals surface area contributed by atoms with Crippen molar-refractivity contribution >= 4 is 23.1 Å². The highest BCUT2D eigenvalue weighted by atomic mass is 32.1. The molecule has 3 N–H and O–H groups in total. The predicted octanol–water partition coefficient (Wildman–Crippen LogP) is 1.61. The lowest BCUT2D eigenvalue weighted by atomic mass is 10.1. The largest absolute Gasteiger partial charge is 0.484 e. The molecular formula is C13H18N2O2S. The highest BCUT2D eigenvalue weighted by Gasteiger charge is 2.13. The maximum Gasteiger partial charge on any atom is 0.258 e. The van der Waals surface area contributed by atoms with Gasteiger partial charge in [0.2, 0.25) is 0 Å². The summed E-state index contributed by atoms with van der Waals surface area (Å²) in [4.78, 5) is 11.9. The molecule has 0 saturated heterocycles. The molecule has 0 unspecified atom stereocenters. The molecule has 0 saturated carbocycles. The molecule has 1 amide bonds. The first-order chi connectivity index (χ1) is 8.28. The maximum absolute atomic E-state index is 11.5. The van der Waals surface area contributed by atoms with Gasteiger partial charge in [0.15, 0.2) is 6.61 Å². The molecule has 0 heterocycles. The van der Waals surface area contributed by atoms with E-state index in [1.54, 1.807) is 24.3 Å². The van der Waals surface area contributed by atoms with E-state index in [-0.39, 0.29) is 18.1 Å². The van der Waals surface area contributed by atoms with Gasteiger partial charge in [-0.25, -0.2) is 0 Å². The van der Waals surface area contributed by atoms with Gasteiger partial charge in [0.25, 0.3) is 5.91 Å². The lowest BCUT2D eigenvalue weighted by Gasteiger charge is -2.20. The highest BCUT2D eigenvalue weighted by molar-refractivity contribution is 7.80. The van der Waals surface area contributed by atoms with Gasteiger partial charge in [-0.15, -0.1) is 0 Å². The Morgan fingerprint density at radius 2 is 1.89 bits per heavy atom. The monoisotopic (exact) mass is 266 g/mol. The Labute approximate surface area is 113 Å². The molecule has 0 atom stereocenters. The van der Waals surface area contributed by atoms with E-state index in [2.05, 4.69) is 5.32 Å². The van der Waals surface area contributed by atoms with Crippen LogP contribution in [-0.2, 0) is 4.79 Å². The Hall–Kier alpha value is -1.62. The average molecular weight is 266 g/mol. The molecule has 4 nitrogen and oxygen atoms in total. The first kappa shape index (κ1) is 14.4. The molecule has 1 aromatic rings. The number of carbonyl (C=O) groups is 1. The number of nitrogens with two attached hydrogens (primary N) is 1. The number of amides is 1. The van der Waals surface area contributed by atoms with Crippen LogP contribution in [-0.4, -0.2) is 23.0 Å². The Morgan fingerprint density at radius 1 is 1.33 bits per heavy atom. The summed E-state index contributed by atoms with van der Waals surface area (Å²) in [7, 11) is 0. The van der Waals surface area contributed by atoms with Gasteiger partial charge in [0, 0.05) is 11.1 Å². The number of ether oxygens (including phenoxy) is 1. The molecular weight excluding hydrogens is 248 g/mol. The first-order valence-corrected chi connectivity index (χ1v) is 6.02. The van der Waals surface area contributed by atoms with E-state index in [1.165, 1.54) is 0 Å². The van der Waals surface area contributed by atoms with Gasteiger partial charge in [-0.1, -0.05) is 12.2 Å². The average Bonchev–Trinajstić information content (AvgIpc) is 2.24. The van der Waals surface area contributed by atoms with Gasteiger partial charge in [-0.2, -0.15) is 0 Å². The van der Waals surface area contributed by atoms with Crippen LogP contribution in [0.15, 0.2) is 24.3 Å². The molecule has 0 fully saturated rings. The minimum absolute atomic E-state index is 0.0102. The summed E-state index contributed by atoms with van der Waals surface area (Å²) in [6.07, 6.45) is 0. The fraction of sp³-hybridized carbons (Fsp3) is 0.385. The van der Waals surface area contributed by atoms with E-state index < -0.39 is 0 Å². The lowest BCUT2D eigenvalue weighted by molar-refractivity contribution is -0.124. The fourth-order valence-corrected chi connectivity index (χ4v) is 1.45. The molecule has 18 heavy (non-hydrogen) atoms. The highest BCUT2D eigenvalue weighted by Crippen LogP contribution is 2.12. The van der Waals surface area contributed by atoms with E-state index in [0.29, 0.717) is 10.7 Å². The normalized spacial score (nSPS) is 10.8. The number of benzene rings is 1. The summed E-state index contributed by atoms with van der Waals surface area (Å²) in [5.74, 6) is 0.458. The van der Waals surface area contributed by atoms with Crippen molar-refractivity contribution in [2.45, 2.75) is 26.3 Å². The maximum atomic E-state index is 11.5. The molecule has 1 aromatic carbocycles. The first-order valence-electron chi connectivity index (χ1n) is 5.61. The second-order valence-electron chi connectivity index (χ2n) is 4.98. The summed E-state index contributed by atoms with van der Waals surface area (Å²) in [6, 6.07) is 7.00. The van der Waals surface area contributed by atoms with Crippen LogP contribution >= 0.6 is 12.2 Å². The Kier molecular flexibility index (Phi) is 4.67. The molecule has 1 rings (SSSR count). The molecule has 0 aromatic heterocycles. The summed E-state index contributed by atoms with van der Waals surface area (Å²) < 4.78 is 5.35. The summed E-state index contributed by atoms with van der Waals surface area (Å²) in [5, 5.41) is 2.81. The quantitative estimate of drug-likeness (QED) is 0.813. The van der Waals surface area contributed by atoms with Gasteiger partial charge in [0.1, 0.15) is 10.7 Å². The van der Waals surface area contributed by atoms with Crippen LogP contribution in [0.1, 0.15) is 26.3 Å². The van der Waals surface area contributed by atoms with Crippen LogP contribution in [0, 0.1) is 0 Å². The third-order valence-electron chi connectivity index (χ3n) is 2.02.